The Bertz CT molecular complexity index is 177. The molecule has 0 amide bonds. The molecule has 1 aliphatic rings. The molecule has 0 spiro atoms. The van der Waals surface area contributed by atoms with E-state index in [2.05, 4.69) is 27.8 Å². The fourth-order valence-corrected chi connectivity index (χ4v) is 2.09. The summed E-state index contributed by atoms with van der Waals surface area (Å²) in [6.45, 7) is 12.6. The largest absolute Gasteiger partial charge is 0.376 e. The second-order valence-electron chi connectivity index (χ2n) is 6.42. The molecule has 15 heavy (non-hydrogen) atoms. The molecule has 0 aromatic rings. The third-order valence-electron chi connectivity index (χ3n) is 3.42. The van der Waals surface area contributed by atoms with Gasteiger partial charge in [0.25, 0.3) is 0 Å². The van der Waals surface area contributed by atoms with E-state index in [0.717, 1.165) is 19.6 Å². The number of hydrogen-bond donors (Lipinski definition) is 0. The Morgan fingerprint density at radius 2 is 1.67 bits per heavy atom. The lowest BCUT2D eigenvalue weighted by molar-refractivity contribution is -0.898. The SMILES string of the molecule is CC(C)(C)CCOCC[N+]1(C)CCCC1. The van der Waals surface area contributed by atoms with Gasteiger partial charge in [0.15, 0.2) is 0 Å². The van der Waals surface area contributed by atoms with Crippen LogP contribution >= 0.6 is 0 Å². The van der Waals surface area contributed by atoms with Crippen LogP contribution in [0.5, 0.6) is 0 Å². The Balaban J connectivity index is 2.02. The number of likely N-dealkylation sites (tertiary alicyclic amines) is 1. The van der Waals surface area contributed by atoms with E-state index in [0.29, 0.717) is 5.41 Å². The topological polar surface area (TPSA) is 9.23 Å². The molecule has 2 heteroatoms. The van der Waals surface area contributed by atoms with E-state index in [1.54, 1.807) is 0 Å². The molecule has 0 aromatic heterocycles. The van der Waals surface area contributed by atoms with Crippen molar-refractivity contribution in [2.75, 3.05) is 39.9 Å². The summed E-state index contributed by atoms with van der Waals surface area (Å²) >= 11 is 0. The smallest absolute Gasteiger partial charge is 0.102 e. The lowest BCUT2D eigenvalue weighted by Crippen LogP contribution is -2.43. The van der Waals surface area contributed by atoms with Crippen molar-refractivity contribution in [3.8, 4) is 0 Å². The van der Waals surface area contributed by atoms with Crippen molar-refractivity contribution in [2.24, 2.45) is 5.41 Å². The van der Waals surface area contributed by atoms with E-state index in [1.165, 1.54) is 37.0 Å². The summed E-state index contributed by atoms with van der Waals surface area (Å²) in [5.41, 5.74) is 0.409. The monoisotopic (exact) mass is 214 g/mol. The molecular formula is C13H28NO+. The molecule has 0 aromatic carbocycles. The summed E-state index contributed by atoms with van der Waals surface area (Å²) in [6, 6.07) is 0. The molecule has 0 unspecified atom stereocenters. The van der Waals surface area contributed by atoms with E-state index >= 15 is 0 Å². The molecule has 0 aliphatic carbocycles. The van der Waals surface area contributed by atoms with Gasteiger partial charge >= 0.3 is 0 Å². The molecule has 0 atom stereocenters. The van der Waals surface area contributed by atoms with Gasteiger partial charge in [-0.15, -0.1) is 0 Å². The predicted octanol–water partition coefficient (Wildman–Crippen LogP) is 2.68. The summed E-state index contributed by atoms with van der Waals surface area (Å²) < 4.78 is 6.95. The Labute approximate surface area is 95.2 Å². The van der Waals surface area contributed by atoms with Crippen LogP contribution in [0, 0.1) is 5.41 Å². The van der Waals surface area contributed by atoms with Crippen LogP contribution in [0.3, 0.4) is 0 Å². The number of ether oxygens (including phenoxy) is 1. The average Bonchev–Trinajstić information content (AvgIpc) is 2.50. The first kappa shape index (κ1) is 13.0. The number of likely N-dealkylation sites (N-methyl/N-ethyl adjacent to an activating group) is 1. The van der Waals surface area contributed by atoms with Gasteiger partial charge in [0.1, 0.15) is 6.54 Å². The Morgan fingerprint density at radius 1 is 1.07 bits per heavy atom. The van der Waals surface area contributed by atoms with Crippen LogP contribution < -0.4 is 0 Å². The summed E-state index contributed by atoms with van der Waals surface area (Å²) in [5, 5.41) is 0. The summed E-state index contributed by atoms with van der Waals surface area (Å²) in [7, 11) is 2.36. The number of nitrogens with zero attached hydrogens (tertiary/aromatic N) is 1. The average molecular weight is 214 g/mol. The third-order valence-corrected chi connectivity index (χ3v) is 3.42. The fourth-order valence-electron chi connectivity index (χ4n) is 2.09. The second kappa shape index (κ2) is 5.31. The molecule has 1 aliphatic heterocycles. The molecule has 1 heterocycles. The molecule has 1 fully saturated rings. The molecule has 0 saturated carbocycles. The van der Waals surface area contributed by atoms with Gasteiger partial charge in [0.05, 0.1) is 26.7 Å². The molecule has 0 radical (unpaired) electrons. The molecule has 1 rings (SSSR count). The van der Waals surface area contributed by atoms with E-state index in [-0.39, 0.29) is 0 Å². The van der Waals surface area contributed by atoms with Gasteiger partial charge in [0, 0.05) is 19.4 Å². The van der Waals surface area contributed by atoms with Crippen molar-refractivity contribution in [1.29, 1.82) is 0 Å². The van der Waals surface area contributed by atoms with Gasteiger partial charge in [-0.25, -0.2) is 0 Å². The van der Waals surface area contributed by atoms with E-state index in [1.807, 2.05) is 0 Å². The normalized spacial score (nSPS) is 20.8. The zero-order valence-electron chi connectivity index (χ0n) is 11.0. The van der Waals surface area contributed by atoms with Crippen LogP contribution in [0.2, 0.25) is 0 Å². The van der Waals surface area contributed by atoms with E-state index < -0.39 is 0 Å². The number of rotatable bonds is 5. The van der Waals surface area contributed by atoms with Crippen molar-refractivity contribution in [2.45, 2.75) is 40.0 Å². The highest BCUT2D eigenvalue weighted by molar-refractivity contribution is 4.60. The number of hydrogen-bond acceptors (Lipinski definition) is 1. The fraction of sp³-hybridized carbons (Fsp3) is 1.00. The highest BCUT2D eigenvalue weighted by atomic mass is 16.5. The van der Waals surface area contributed by atoms with Crippen LogP contribution in [0.4, 0.5) is 0 Å². The van der Waals surface area contributed by atoms with Gasteiger partial charge < -0.3 is 9.22 Å². The minimum atomic E-state index is 0.409. The Hall–Kier alpha value is -0.0800. The van der Waals surface area contributed by atoms with Gasteiger partial charge in [0.2, 0.25) is 0 Å². The Morgan fingerprint density at radius 3 is 2.20 bits per heavy atom. The quantitative estimate of drug-likeness (QED) is 0.505. The lowest BCUT2D eigenvalue weighted by Gasteiger charge is -2.29. The molecule has 0 bridgehead atoms. The maximum absolute atomic E-state index is 5.72. The second-order valence-corrected chi connectivity index (χ2v) is 6.42. The van der Waals surface area contributed by atoms with Crippen LogP contribution in [-0.4, -0.2) is 44.4 Å². The van der Waals surface area contributed by atoms with Crippen LogP contribution in [0.25, 0.3) is 0 Å². The van der Waals surface area contributed by atoms with Crippen molar-refractivity contribution >= 4 is 0 Å². The van der Waals surface area contributed by atoms with Gasteiger partial charge in [-0.1, -0.05) is 20.8 Å². The molecule has 1 saturated heterocycles. The van der Waals surface area contributed by atoms with Crippen molar-refractivity contribution in [3.05, 3.63) is 0 Å². The maximum atomic E-state index is 5.72. The highest BCUT2D eigenvalue weighted by Crippen LogP contribution is 2.18. The minimum absolute atomic E-state index is 0.409. The van der Waals surface area contributed by atoms with Crippen molar-refractivity contribution in [1.82, 2.24) is 0 Å². The van der Waals surface area contributed by atoms with Gasteiger partial charge in [-0.3, -0.25) is 0 Å². The standard InChI is InChI=1S/C13H28NO/c1-13(2,3)7-11-15-12-10-14(4)8-5-6-9-14/h5-12H2,1-4H3/q+1. The molecule has 0 N–H and O–H groups in total. The van der Waals surface area contributed by atoms with Crippen LogP contribution in [0.15, 0.2) is 0 Å². The van der Waals surface area contributed by atoms with E-state index in [9.17, 15) is 0 Å². The molecule has 2 nitrogen and oxygen atoms in total. The molecular weight excluding hydrogens is 186 g/mol. The van der Waals surface area contributed by atoms with Crippen LogP contribution in [0.1, 0.15) is 40.0 Å². The zero-order chi connectivity index (χ0) is 11.4. The number of quaternary nitrogens is 1. The van der Waals surface area contributed by atoms with Crippen molar-refractivity contribution in [3.63, 3.8) is 0 Å². The van der Waals surface area contributed by atoms with Gasteiger partial charge in [-0.05, 0) is 11.8 Å². The predicted molar refractivity (Wildman–Crippen MR) is 64.9 cm³/mol. The minimum Gasteiger partial charge on any atom is -0.376 e. The first-order valence-corrected chi connectivity index (χ1v) is 6.33. The first-order chi connectivity index (χ1) is 6.91. The molecule has 90 valence electrons. The zero-order valence-corrected chi connectivity index (χ0v) is 11.0. The van der Waals surface area contributed by atoms with Crippen molar-refractivity contribution < 1.29 is 9.22 Å². The summed E-state index contributed by atoms with van der Waals surface area (Å²) in [4.78, 5) is 0. The summed E-state index contributed by atoms with van der Waals surface area (Å²) in [6.07, 6.45) is 3.97. The summed E-state index contributed by atoms with van der Waals surface area (Å²) in [5.74, 6) is 0. The Kier molecular flexibility index (Phi) is 4.60. The lowest BCUT2D eigenvalue weighted by atomic mass is 9.93. The highest BCUT2D eigenvalue weighted by Gasteiger charge is 2.26. The van der Waals surface area contributed by atoms with Crippen LogP contribution in [-0.2, 0) is 4.74 Å². The first-order valence-electron chi connectivity index (χ1n) is 6.33. The van der Waals surface area contributed by atoms with Gasteiger partial charge in [-0.2, -0.15) is 0 Å². The maximum Gasteiger partial charge on any atom is 0.102 e. The third kappa shape index (κ3) is 5.53. The van der Waals surface area contributed by atoms with E-state index in [4.69, 9.17) is 4.74 Å².